The lowest BCUT2D eigenvalue weighted by Gasteiger charge is -2.18. The van der Waals surface area contributed by atoms with Gasteiger partial charge in [-0.2, -0.15) is 4.98 Å². The molecule has 1 aliphatic carbocycles. The summed E-state index contributed by atoms with van der Waals surface area (Å²) in [6, 6.07) is 7.31. The van der Waals surface area contributed by atoms with Crippen LogP contribution in [0.15, 0.2) is 36.7 Å². The number of hydrogen-bond donors (Lipinski definition) is 1. The molecule has 1 saturated carbocycles. The van der Waals surface area contributed by atoms with Crippen molar-refractivity contribution < 1.29 is 8.78 Å². The fraction of sp³-hybridized carbons (Fsp3) is 0.350. The molecule has 1 aliphatic heterocycles. The van der Waals surface area contributed by atoms with Crippen molar-refractivity contribution in [2.24, 2.45) is 0 Å². The number of hydrogen-bond acceptors (Lipinski definition) is 5. The molecule has 144 valence electrons. The van der Waals surface area contributed by atoms with Crippen molar-refractivity contribution in [3.63, 3.8) is 0 Å². The van der Waals surface area contributed by atoms with Gasteiger partial charge in [0.15, 0.2) is 0 Å². The first-order valence-corrected chi connectivity index (χ1v) is 9.56. The van der Waals surface area contributed by atoms with Crippen LogP contribution in [-0.4, -0.2) is 32.8 Å². The van der Waals surface area contributed by atoms with Crippen LogP contribution in [0.2, 0.25) is 0 Å². The van der Waals surface area contributed by atoms with Crippen molar-refractivity contribution in [2.75, 3.05) is 23.3 Å². The minimum absolute atomic E-state index is 0.282. The minimum atomic E-state index is -0.654. The zero-order valence-electron chi connectivity index (χ0n) is 15.3. The number of benzene rings is 1. The smallest absolute Gasteiger partial charge is 0.246 e. The number of rotatable bonds is 5. The van der Waals surface area contributed by atoms with Crippen LogP contribution in [-0.2, 0) is 0 Å². The third kappa shape index (κ3) is 3.54. The second-order valence-corrected chi connectivity index (χ2v) is 7.37. The van der Waals surface area contributed by atoms with Gasteiger partial charge in [0.25, 0.3) is 0 Å². The second kappa shape index (κ2) is 6.85. The molecule has 0 spiro atoms. The Morgan fingerprint density at radius 1 is 0.964 bits per heavy atom. The highest BCUT2D eigenvalue weighted by Gasteiger charge is 2.27. The Balaban J connectivity index is 1.42. The predicted molar refractivity (Wildman–Crippen MR) is 102 cm³/mol. The van der Waals surface area contributed by atoms with Crippen LogP contribution in [0, 0.1) is 11.6 Å². The van der Waals surface area contributed by atoms with Crippen molar-refractivity contribution in [1.82, 2.24) is 19.7 Å². The molecule has 6 nitrogen and oxygen atoms in total. The second-order valence-electron chi connectivity index (χ2n) is 7.37. The summed E-state index contributed by atoms with van der Waals surface area (Å²) in [6.45, 7) is 2.05. The summed E-state index contributed by atoms with van der Waals surface area (Å²) in [5.74, 6) is 0.571. The van der Waals surface area contributed by atoms with E-state index in [1.54, 1.807) is 0 Å². The van der Waals surface area contributed by atoms with Crippen LogP contribution in [0.5, 0.6) is 0 Å². The molecule has 0 unspecified atom stereocenters. The zero-order chi connectivity index (χ0) is 19.1. The molecule has 2 aromatic heterocycles. The maximum atomic E-state index is 13.5. The van der Waals surface area contributed by atoms with Gasteiger partial charge in [-0.3, -0.25) is 0 Å². The van der Waals surface area contributed by atoms with Crippen LogP contribution < -0.4 is 10.2 Å². The molecule has 2 aliphatic rings. The van der Waals surface area contributed by atoms with E-state index in [0.717, 1.165) is 36.4 Å². The summed E-state index contributed by atoms with van der Waals surface area (Å²) in [5, 5.41) is 7.52. The van der Waals surface area contributed by atoms with Crippen LogP contribution in [0.25, 0.3) is 5.69 Å². The number of nitrogens with zero attached hydrogens (tertiary/aromatic N) is 5. The van der Waals surface area contributed by atoms with Gasteiger partial charge in [-0.15, -0.1) is 5.10 Å². The topological polar surface area (TPSA) is 58.9 Å². The van der Waals surface area contributed by atoms with Gasteiger partial charge in [0, 0.05) is 42.5 Å². The molecular formula is C20H20F2N6. The summed E-state index contributed by atoms with van der Waals surface area (Å²) in [5.41, 5.74) is 2.25. The number of anilines is 3. The Morgan fingerprint density at radius 2 is 1.71 bits per heavy atom. The molecule has 0 bridgehead atoms. The molecule has 1 saturated heterocycles. The van der Waals surface area contributed by atoms with Crippen LogP contribution in [0.4, 0.5) is 26.2 Å². The van der Waals surface area contributed by atoms with E-state index < -0.39 is 11.6 Å². The molecule has 0 amide bonds. The summed E-state index contributed by atoms with van der Waals surface area (Å²) in [7, 11) is 0. The highest BCUT2D eigenvalue weighted by atomic mass is 19.1. The molecule has 2 fully saturated rings. The quantitative estimate of drug-likeness (QED) is 0.718. The lowest BCUT2D eigenvalue weighted by molar-refractivity contribution is 0.580. The van der Waals surface area contributed by atoms with Gasteiger partial charge >= 0.3 is 0 Å². The van der Waals surface area contributed by atoms with Crippen LogP contribution in [0.1, 0.15) is 37.3 Å². The maximum Gasteiger partial charge on any atom is 0.246 e. The third-order valence-electron chi connectivity index (χ3n) is 5.12. The number of halogens is 2. The van der Waals surface area contributed by atoms with Crippen molar-refractivity contribution in [2.45, 2.75) is 31.6 Å². The molecule has 5 rings (SSSR count). The van der Waals surface area contributed by atoms with Crippen LogP contribution >= 0.6 is 0 Å². The van der Waals surface area contributed by atoms with Gasteiger partial charge in [0.1, 0.15) is 23.8 Å². The van der Waals surface area contributed by atoms with E-state index in [1.807, 2.05) is 12.1 Å². The molecule has 8 heteroatoms. The largest absolute Gasteiger partial charge is 0.357 e. The van der Waals surface area contributed by atoms with E-state index in [1.165, 1.54) is 48.8 Å². The van der Waals surface area contributed by atoms with Crippen LogP contribution in [0.3, 0.4) is 0 Å². The Kier molecular flexibility index (Phi) is 4.18. The van der Waals surface area contributed by atoms with Gasteiger partial charge in [0.05, 0.1) is 5.69 Å². The first kappa shape index (κ1) is 17.1. The normalized spacial score (nSPS) is 16.6. The lowest BCUT2D eigenvalue weighted by atomic mass is 10.2. The number of aromatic nitrogens is 4. The summed E-state index contributed by atoms with van der Waals surface area (Å²) in [4.78, 5) is 11.4. The monoisotopic (exact) mass is 382 g/mol. The third-order valence-corrected chi connectivity index (χ3v) is 5.12. The highest BCUT2D eigenvalue weighted by molar-refractivity contribution is 5.61. The average molecular weight is 382 g/mol. The van der Waals surface area contributed by atoms with Gasteiger partial charge < -0.3 is 10.2 Å². The molecule has 0 radical (unpaired) electrons. The minimum Gasteiger partial charge on any atom is -0.357 e. The molecule has 1 aromatic carbocycles. The molecule has 28 heavy (non-hydrogen) atoms. The maximum absolute atomic E-state index is 13.5. The number of nitrogens with one attached hydrogen (secondary N) is 1. The van der Waals surface area contributed by atoms with Crippen molar-refractivity contribution in [3.8, 4) is 5.69 Å². The van der Waals surface area contributed by atoms with Crippen molar-refractivity contribution in [3.05, 3.63) is 54.0 Å². The van der Waals surface area contributed by atoms with Gasteiger partial charge in [-0.05, 0) is 43.9 Å². The van der Waals surface area contributed by atoms with Crippen molar-refractivity contribution in [1.29, 1.82) is 0 Å². The van der Waals surface area contributed by atoms with Gasteiger partial charge in [-0.1, -0.05) is 0 Å². The van der Waals surface area contributed by atoms with E-state index in [0.29, 0.717) is 11.9 Å². The summed E-state index contributed by atoms with van der Waals surface area (Å²) < 4.78 is 28.3. The van der Waals surface area contributed by atoms with E-state index in [9.17, 15) is 8.78 Å². The van der Waals surface area contributed by atoms with E-state index in [4.69, 9.17) is 4.98 Å². The fourth-order valence-corrected chi connectivity index (χ4v) is 3.55. The van der Waals surface area contributed by atoms with Gasteiger partial charge in [0.2, 0.25) is 5.95 Å². The van der Waals surface area contributed by atoms with E-state index >= 15 is 0 Å². The highest BCUT2D eigenvalue weighted by Crippen LogP contribution is 2.41. The lowest BCUT2D eigenvalue weighted by Crippen LogP contribution is -2.19. The standard InChI is InChI=1S/C20H20F2N6/c21-14-7-15(22)9-17(8-14)28-12-23-20(26-28)24-16-10-18(13-3-4-13)25-19(11-16)27-5-1-2-6-27/h7-13H,1-6H2,(H,24,25,26). The Labute approximate surface area is 161 Å². The Morgan fingerprint density at radius 3 is 2.43 bits per heavy atom. The SMILES string of the molecule is Fc1cc(F)cc(-n2cnc(Nc3cc(C4CC4)nc(N4CCCC4)c3)n2)c1. The van der Waals surface area contributed by atoms with E-state index in [-0.39, 0.29) is 5.69 Å². The average Bonchev–Trinajstić information content (AvgIpc) is 3.17. The predicted octanol–water partition coefficient (Wildman–Crippen LogP) is 4.16. The summed E-state index contributed by atoms with van der Waals surface area (Å²) in [6.07, 6.45) is 6.16. The Hall–Kier alpha value is -3.03. The molecule has 3 aromatic rings. The summed E-state index contributed by atoms with van der Waals surface area (Å²) >= 11 is 0. The number of pyridine rings is 1. The first-order chi connectivity index (χ1) is 13.6. The zero-order valence-corrected chi connectivity index (χ0v) is 15.3. The Bertz CT molecular complexity index is 987. The van der Waals surface area contributed by atoms with E-state index in [2.05, 4.69) is 20.3 Å². The molecule has 3 heterocycles. The molecule has 0 atom stereocenters. The molecular weight excluding hydrogens is 362 g/mol. The van der Waals surface area contributed by atoms with Gasteiger partial charge in [-0.25, -0.2) is 18.4 Å². The van der Waals surface area contributed by atoms with Crippen molar-refractivity contribution >= 4 is 17.5 Å². The molecule has 1 N–H and O–H groups in total. The fourth-order valence-electron chi connectivity index (χ4n) is 3.55. The first-order valence-electron chi connectivity index (χ1n) is 9.56.